The fourth-order valence-corrected chi connectivity index (χ4v) is 5.98. The number of fused-ring (bicyclic) bond motifs is 1. The van der Waals surface area contributed by atoms with E-state index in [4.69, 9.17) is 14.7 Å². The molecule has 2 unspecified atom stereocenters. The van der Waals surface area contributed by atoms with Gasteiger partial charge >= 0.3 is 6.18 Å². The third kappa shape index (κ3) is 3.35. The zero-order chi connectivity index (χ0) is 24.8. The number of aryl methyl sites for hydroxylation is 2. The highest BCUT2D eigenvalue weighted by Crippen LogP contribution is 2.78. The molecule has 4 heterocycles. The van der Waals surface area contributed by atoms with Crippen molar-refractivity contribution < 1.29 is 23.0 Å². The Morgan fingerprint density at radius 1 is 1.14 bits per heavy atom. The number of ether oxygens (including phenoxy) is 1. The van der Waals surface area contributed by atoms with E-state index in [1.54, 1.807) is 18.0 Å². The van der Waals surface area contributed by atoms with Crippen LogP contribution < -0.4 is 0 Å². The molecule has 0 spiro atoms. The molecule has 3 aliphatic carbocycles. The second kappa shape index (κ2) is 7.36. The average molecular weight is 485 g/mol. The predicted molar refractivity (Wildman–Crippen MR) is 124 cm³/mol. The van der Waals surface area contributed by atoms with Crippen LogP contribution in [0.25, 0.3) is 16.6 Å². The molecule has 184 valence electrons. The van der Waals surface area contributed by atoms with Crippen molar-refractivity contribution in [1.82, 2.24) is 19.9 Å². The van der Waals surface area contributed by atoms with Crippen LogP contribution in [0.15, 0.2) is 36.1 Å². The molecule has 5 aliphatic rings. The lowest BCUT2D eigenvalue weighted by molar-refractivity contribution is -0.337. The van der Waals surface area contributed by atoms with Gasteiger partial charge in [-0.2, -0.15) is 13.2 Å². The second-order valence-corrected chi connectivity index (χ2v) is 10.5. The molecule has 2 atom stereocenters. The molecule has 3 fully saturated rings. The van der Waals surface area contributed by atoms with Crippen LogP contribution in [-0.4, -0.2) is 57.1 Å². The number of nitrogens with zero attached hydrogens (tertiary/aromatic N) is 4. The summed E-state index contributed by atoms with van der Waals surface area (Å²) in [5, 5.41) is 10.7. The van der Waals surface area contributed by atoms with Crippen LogP contribution in [0.1, 0.15) is 48.5 Å². The van der Waals surface area contributed by atoms with Crippen molar-refractivity contribution in [3.8, 4) is 0 Å². The van der Waals surface area contributed by atoms with E-state index in [-0.39, 0.29) is 25.4 Å². The Morgan fingerprint density at radius 3 is 2.57 bits per heavy atom. The predicted octanol–water partition coefficient (Wildman–Crippen LogP) is 4.50. The Morgan fingerprint density at radius 2 is 1.89 bits per heavy atom. The van der Waals surface area contributed by atoms with Gasteiger partial charge in [0.1, 0.15) is 12.3 Å². The number of hydrogen-bond acceptors (Lipinski definition) is 6. The zero-order valence-corrected chi connectivity index (χ0v) is 19.9. The minimum atomic E-state index is -4.18. The van der Waals surface area contributed by atoms with Gasteiger partial charge in [0, 0.05) is 35.3 Å². The van der Waals surface area contributed by atoms with Gasteiger partial charge in [-0.25, -0.2) is 15.0 Å². The van der Waals surface area contributed by atoms with Gasteiger partial charge in [-0.1, -0.05) is 6.08 Å². The van der Waals surface area contributed by atoms with Crippen molar-refractivity contribution in [2.24, 2.45) is 5.41 Å². The lowest BCUT2D eigenvalue weighted by Crippen LogP contribution is -2.70. The minimum Gasteiger partial charge on any atom is -0.370 e. The van der Waals surface area contributed by atoms with Crippen molar-refractivity contribution >= 4 is 16.6 Å². The molecule has 2 aliphatic heterocycles. The molecule has 1 N–H and O–H groups in total. The summed E-state index contributed by atoms with van der Waals surface area (Å²) in [5.74, 6) is 0.510. The van der Waals surface area contributed by atoms with Gasteiger partial charge in [-0.05, 0) is 68.9 Å². The summed E-state index contributed by atoms with van der Waals surface area (Å²) in [6.07, 6.45) is 3.01. The standard InChI is InChI=1S/C26H27F3N4O2/c1-14-8-18-21(24-11-25(12-24,13-24)26(27,28)29)31-22(32-23(18)30-15(14)2)16-6-7-35-19(9-16)17-4-5-20(34)33(3)10-17/h4-5,8-10,19-20,34H,6-7,11-13H2,1-3H3. The molecule has 9 heteroatoms. The van der Waals surface area contributed by atoms with Crippen molar-refractivity contribution in [2.45, 2.75) is 63.5 Å². The number of aliphatic hydroxyl groups excluding tert-OH is 1. The summed E-state index contributed by atoms with van der Waals surface area (Å²) in [4.78, 5) is 16.1. The largest absolute Gasteiger partial charge is 0.394 e. The van der Waals surface area contributed by atoms with Gasteiger partial charge in [-0.3, -0.25) is 0 Å². The van der Waals surface area contributed by atoms with Gasteiger partial charge in [0.15, 0.2) is 11.5 Å². The molecular weight excluding hydrogens is 457 g/mol. The van der Waals surface area contributed by atoms with Crippen LogP contribution in [0.3, 0.4) is 0 Å². The number of halogens is 3. The van der Waals surface area contributed by atoms with Crippen LogP contribution in [-0.2, 0) is 10.2 Å². The van der Waals surface area contributed by atoms with Crippen LogP contribution >= 0.6 is 0 Å². The van der Waals surface area contributed by atoms with E-state index in [0.717, 1.165) is 27.8 Å². The quantitative estimate of drug-likeness (QED) is 0.692. The first-order valence-electron chi connectivity index (χ1n) is 11.9. The molecular formula is C26H27F3N4O2. The van der Waals surface area contributed by atoms with Crippen LogP contribution in [0.2, 0.25) is 0 Å². The maximum absolute atomic E-state index is 13.6. The highest BCUT2D eigenvalue weighted by molar-refractivity contribution is 5.82. The molecule has 7 rings (SSSR count). The Kier molecular flexibility index (Phi) is 4.77. The number of pyridine rings is 1. The van der Waals surface area contributed by atoms with Gasteiger partial charge in [-0.15, -0.1) is 0 Å². The average Bonchev–Trinajstić information content (AvgIpc) is 2.74. The Bertz CT molecular complexity index is 1310. The summed E-state index contributed by atoms with van der Waals surface area (Å²) in [6, 6.07) is 1.97. The second-order valence-electron chi connectivity index (χ2n) is 10.5. The SMILES string of the molecule is Cc1cc2c(C34CC(C(F)(F)F)(C3)C4)nc(C3=CC(C4=CN(C)C(O)C=C4)OCC3)nc2nc1C. The maximum atomic E-state index is 13.6. The van der Waals surface area contributed by atoms with Gasteiger partial charge in [0.2, 0.25) is 0 Å². The molecule has 6 nitrogen and oxygen atoms in total. The lowest BCUT2D eigenvalue weighted by Gasteiger charge is -2.70. The molecule has 0 radical (unpaired) electrons. The van der Waals surface area contributed by atoms with Crippen LogP contribution in [0.4, 0.5) is 13.2 Å². The summed E-state index contributed by atoms with van der Waals surface area (Å²) >= 11 is 0. The number of alkyl halides is 3. The van der Waals surface area contributed by atoms with Gasteiger partial charge < -0.3 is 14.7 Å². The first-order chi connectivity index (χ1) is 16.5. The molecule has 2 bridgehead atoms. The van der Waals surface area contributed by atoms with E-state index in [0.29, 0.717) is 30.2 Å². The van der Waals surface area contributed by atoms with Crippen molar-refractivity contribution in [2.75, 3.05) is 13.7 Å². The molecule has 2 aromatic rings. The van der Waals surface area contributed by atoms with Crippen molar-refractivity contribution in [3.05, 3.63) is 58.8 Å². The molecule has 3 saturated carbocycles. The van der Waals surface area contributed by atoms with Crippen molar-refractivity contribution in [3.63, 3.8) is 0 Å². The smallest absolute Gasteiger partial charge is 0.370 e. The Labute approximate surface area is 201 Å². The molecule has 0 amide bonds. The minimum absolute atomic E-state index is 0.0824. The first-order valence-corrected chi connectivity index (χ1v) is 11.9. The number of aliphatic hydroxyl groups is 1. The molecule has 2 aromatic heterocycles. The third-order valence-electron chi connectivity index (χ3n) is 8.13. The Balaban J connectivity index is 1.42. The third-order valence-corrected chi connectivity index (χ3v) is 8.13. The molecule has 0 aromatic carbocycles. The van der Waals surface area contributed by atoms with E-state index in [2.05, 4.69) is 4.98 Å². The summed E-state index contributed by atoms with van der Waals surface area (Å²) in [6.45, 7) is 4.32. The van der Waals surface area contributed by atoms with E-state index >= 15 is 0 Å². The molecule has 0 saturated heterocycles. The number of hydrogen-bond donors (Lipinski definition) is 1. The van der Waals surface area contributed by atoms with E-state index in [1.807, 2.05) is 38.3 Å². The van der Waals surface area contributed by atoms with Gasteiger partial charge in [0.05, 0.1) is 17.7 Å². The highest BCUT2D eigenvalue weighted by Gasteiger charge is 2.79. The zero-order valence-electron chi connectivity index (χ0n) is 19.9. The first kappa shape index (κ1) is 22.7. The number of aromatic nitrogens is 3. The summed E-state index contributed by atoms with van der Waals surface area (Å²) in [7, 11) is 1.79. The van der Waals surface area contributed by atoms with E-state index in [1.165, 1.54) is 0 Å². The fraction of sp³-hybridized carbons (Fsp3) is 0.500. The Hall–Kier alpha value is -2.78. The summed E-state index contributed by atoms with van der Waals surface area (Å²) in [5.41, 5.74) is 2.71. The topological polar surface area (TPSA) is 71.4 Å². The molecule has 35 heavy (non-hydrogen) atoms. The van der Waals surface area contributed by atoms with Crippen molar-refractivity contribution in [1.29, 1.82) is 0 Å². The van der Waals surface area contributed by atoms with Gasteiger partial charge in [0.25, 0.3) is 0 Å². The van der Waals surface area contributed by atoms with Crippen LogP contribution in [0, 0.1) is 19.3 Å². The number of rotatable bonds is 3. The highest BCUT2D eigenvalue weighted by atomic mass is 19.4. The summed E-state index contributed by atoms with van der Waals surface area (Å²) < 4.78 is 46.7. The van der Waals surface area contributed by atoms with E-state index < -0.39 is 23.2 Å². The van der Waals surface area contributed by atoms with E-state index in [9.17, 15) is 18.3 Å². The maximum Gasteiger partial charge on any atom is 0.394 e. The monoisotopic (exact) mass is 484 g/mol. The normalized spacial score (nSPS) is 32.1. The lowest BCUT2D eigenvalue weighted by atomic mass is 9.33. The number of likely N-dealkylation sites (N-methyl/N-ethyl adjacent to an activating group) is 1. The van der Waals surface area contributed by atoms with Crippen LogP contribution in [0.5, 0.6) is 0 Å². The fourth-order valence-electron chi connectivity index (χ4n) is 5.98.